The fraction of sp³-hybridized carbons (Fsp3) is 0.111. The number of ether oxygens (including phenoxy) is 1. The van der Waals surface area contributed by atoms with Gasteiger partial charge in [0.15, 0.2) is 6.61 Å². The van der Waals surface area contributed by atoms with Gasteiger partial charge in [0, 0.05) is 5.02 Å². The molecule has 0 bridgehead atoms. The molecule has 0 unspecified atom stereocenters. The molecule has 0 aliphatic heterocycles. The van der Waals surface area contributed by atoms with Crippen molar-refractivity contribution in [3.05, 3.63) is 71.3 Å². The van der Waals surface area contributed by atoms with Gasteiger partial charge >= 0.3 is 5.97 Å². The number of aromatic nitrogens is 3. The fourth-order valence-corrected chi connectivity index (χ4v) is 2.49. The Morgan fingerprint density at radius 1 is 1.23 bits per heavy atom. The van der Waals surface area contributed by atoms with Gasteiger partial charge in [-0.25, -0.2) is 14.5 Å². The largest absolute Gasteiger partial charge is 0.452 e. The third-order valence-electron chi connectivity index (χ3n) is 3.49. The second kappa shape index (κ2) is 7.79. The lowest BCUT2D eigenvalue weighted by molar-refractivity contribution is -0.119. The number of nitrogens with zero attached hydrogens (tertiary/aromatic N) is 3. The van der Waals surface area contributed by atoms with Gasteiger partial charge in [-0.1, -0.05) is 29.3 Å². The Kier molecular flexibility index (Phi) is 5.28. The zero-order valence-corrected chi connectivity index (χ0v) is 14.6. The van der Waals surface area contributed by atoms with Crippen LogP contribution in [0.2, 0.25) is 5.02 Å². The molecular formula is C18H15ClN4O3. The molecule has 0 saturated heterocycles. The standard InChI is InChI=1S/C18H15ClN4O3/c1-12-3-2-4-13(7-12)18(25)26-9-17(24)22-15-8-14(19)5-6-16(15)23-11-20-10-21-23/h2-8,10-11H,9H2,1H3,(H,22,24). The molecule has 3 rings (SSSR count). The monoisotopic (exact) mass is 370 g/mol. The van der Waals surface area contributed by atoms with Crippen molar-refractivity contribution in [2.24, 2.45) is 0 Å². The number of esters is 1. The van der Waals surface area contributed by atoms with E-state index in [0.717, 1.165) is 5.56 Å². The van der Waals surface area contributed by atoms with Crippen molar-refractivity contribution < 1.29 is 14.3 Å². The molecule has 3 aromatic rings. The van der Waals surface area contributed by atoms with Crippen LogP contribution in [0.4, 0.5) is 5.69 Å². The van der Waals surface area contributed by atoms with E-state index < -0.39 is 18.5 Å². The number of amides is 1. The van der Waals surface area contributed by atoms with Crippen molar-refractivity contribution >= 4 is 29.2 Å². The van der Waals surface area contributed by atoms with Crippen molar-refractivity contribution in [2.75, 3.05) is 11.9 Å². The Labute approximate surface area is 154 Å². The maximum absolute atomic E-state index is 12.2. The van der Waals surface area contributed by atoms with E-state index in [1.807, 2.05) is 13.0 Å². The second-order valence-corrected chi connectivity index (χ2v) is 5.93. The number of rotatable bonds is 5. The molecule has 0 aliphatic rings. The number of carbonyl (C=O) groups excluding carboxylic acids is 2. The molecule has 2 aromatic carbocycles. The predicted molar refractivity (Wildman–Crippen MR) is 96.5 cm³/mol. The second-order valence-electron chi connectivity index (χ2n) is 5.50. The van der Waals surface area contributed by atoms with E-state index in [2.05, 4.69) is 15.4 Å². The van der Waals surface area contributed by atoms with Crippen molar-refractivity contribution in [1.29, 1.82) is 0 Å². The molecule has 0 aliphatic carbocycles. The van der Waals surface area contributed by atoms with Gasteiger partial charge < -0.3 is 10.1 Å². The lowest BCUT2D eigenvalue weighted by Gasteiger charge is -2.11. The number of anilines is 1. The van der Waals surface area contributed by atoms with Gasteiger partial charge in [-0.3, -0.25) is 4.79 Å². The summed E-state index contributed by atoms with van der Waals surface area (Å²) in [6, 6.07) is 11.9. The molecule has 0 fully saturated rings. The van der Waals surface area contributed by atoms with E-state index in [1.54, 1.807) is 36.4 Å². The van der Waals surface area contributed by atoms with Crippen molar-refractivity contribution in [3.8, 4) is 5.69 Å². The number of carbonyl (C=O) groups is 2. The molecule has 0 radical (unpaired) electrons. The number of hydrogen-bond donors (Lipinski definition) is 1. The highest BCUT2D eigenvalue weighted by atomic mass is 35.5. The number of aryl methyl sites for hydroxylation is 1. The summed E-state index contributed by atoms with van der Waals surface area (Å²) < 4.78 is 6.55. The molecular weight excluding hydrogens is 356 g/mol. The minimum absolute atomic E-state index is 0.392. The van der Waals surface area contributed by atoms with E-state index >= 15 is 0 Å². The molecule has 1 heterocycles. The molecule has 0 spiro atoms. The van der Waals surface area contributed by atoms with Crippen LogP contribution in [0.15, 0.2) is 55.1 Å². The van der Waals surface area contributed by atoms with Crippen LogP contribution in [0, 0.1) is 6.92 Å². The van der Waals surface area contributed by atoms with Crippen molar-refractivity contribution in [2.45, 2.75) is 6.92 Å². The van der Waals surface area contributed by atoms with Gasteiger partial charge in [0.25, 0.3) is 5.91 Å². The zero-order chi connectivity index (χ0) is 18.5. The van der Waals surface area contributed by atoms with Crippen LogP contribution < -0.4 is 5.32 Å². The SMILES string of the molecule is Cc1cccc(C(=O)OCC(=O)Nc2cc(Cl)ccc2-n2cncn2)c1. The van der Waals surface area contributed by atoms with E-state index in [-0.39, 0.29) is 0 Å². The first-order valence-electron chi connectivity index (χ1n) is 7.71. The predicted octanol–water partition coefficient (Wildman–Crippen LogP) is 3.02. The van der Waals surface area contributed by atoms with Crippen LogP contribution in [0.3, 0.4) is 0 Å². The van der Waals surface area contributed by atoms with Gasteiger partial charge in [0.05, 0.1) is 16.9 Å². The highest BCUT2D eigenvalue weighted by Gasteiger charge is 2.13. The first kappa shape index (κ1) is 17.6. The summed E-state index contributed by atoms with van der Waals surface area (Å²) >= 11 is 6.00. The minimum atomic E-state index is -0.563. The van der Waals surface area contributed by atoms with Crippen LogP contribution in [0.5, 0.6) is 0 Å². The molecule has 1 N–H and O–H groups in total. The molecule has 0 saturated carbocycles. The lowest BCUT2D eigenvalue weighted by atomic mass is 10.1. The van der Waals surface area contributed by atoms with Gasteiger partial charge in [-0.15, -0.1) is 0 Å². The van der Waals surface area contributed by atoms with Gasteiger partial charge in [0.2, 0.25) is 0 Å². The summed E-state index contributed by atoms with van der Waals surface area (Å²) in [7, 11) is 0. The summed E-state index contributed by atoms with van der Waals surface area (Å²) in [5.41, 5.74) is 2.34. The molecule has 7 nitrogen and oxygen atoms in total. The van der Waals surface area contributed by atoms with Gasteiger partial charge in [-0.05, 0) is 37.3 Å². The maximum atomic E-state index is 12.2. The highest BCUT2D eigenvalue weighted by molar-refractivity contribution is 6.31. The molecule has 8 heteroatoms. The van der Waals surface area contributed by atoms with Crippen LogP contribution in [0.25, 0.3) is 5.69 Å². The van der Waals surface area contributed by atoms with Crippen LogP contribution in [0.1, 0.15) is 15.9 Å². The van der Waals surface area contributed by atoms with E-state index in [1.165, 1.54) is 17.3 Å². The molecule has 132 valence electrons. The quantitative estimate of drug-likeness (QED) is 0.698. The summed E-state index contributed by atoms with van der Waals surface area (Å²) in [6.45, 7) is 1.45. The third-order valence-corrected chi connectivity index (χ3v) is 3.72. The van der Waals surface area contributed by atoms with E-state index in [4.69, 9.17) is 16.3 Å². The van der Waals surface area contributed by atoms with Crippen LogP contribution in [-0.2, 0) is 9.53 Å². The van der Waals surface area contributed by atoms with E-state index in [0.29, 0.717) is 22.0 Å². The topological polar surface area (TPSA) is 86.1 Å². The highest BCUT2D eigenvalue weighted by Crippen LogP contribution is 2.23. The number of hydrogen-bond acceptors (Lipinski definition) is 5. The Bertz CT molecular complexity index is 941. The Hall–Kier alpha value is -3.19. The first-order chi connectivity index (χ1) is 12.5. The summed E-state index contributed by atoms with van der Waals surface area (Å²) in [5.74, 6) is -1.05. The Balaban J connectivity index is 1.67. The smallest absolute Gasteiger partial charge is 0.338 e. The Morgan fingerprint density at radius 2 is 2.08 bits per heavy atom. The molecule has 1 amide bonds. The van der Waals surface area contributed by atoms with Gasteiger partial charge in [-0.2, -0.15) is 5.10 Å². The average Bonchev–Trinajstić information content (AvgIpc) is 3.14. The zero-order valence-electron chi connectivity index (χ0n) is 13.8. The summed E-state index contributed by atoms with van der Waals surface area (Å²) in [5, 5.41) is 7.15. The van der Waals surface area contributed by atoms with Gasteiger partial charge in [0.1, 0.15) is 12.7 Å². The summed E-state index contributed by atoms with van der Waals surface area (Å²) in [4.78, 5) is 28.1. The molecule has 1 aromatic heterocycles. The van der Waals surface area contributed by atoms with E-state index in [9.17, 15) is 9.59 Å². The molecule has 26 heavy (non-hydrogen) atoms. The van der Waals surface area contributed by atoms with Crippen molar-refractivity contribution in [3.63, 3.8) is 0 Å². The number of nitrogens with one attached hydrogen (secondary N) is 1. The summed E-state index contributed by atoms with van der Waals surface area (Å²) in [6.07, 6.45) is 2.88. The average molecular weight is 371 g/mol. The minimum Gasteiger partial charge on any atom is -0.452 e. The third kappa shape index (κ3) is 4.25. The number of halogens is 1. The normalized spacial score (nSPS) is 10.4. The fourth-order valence-electron chi connectivity index (χ4n) is 2.31. The maximum Gasteiger partial charge on any atom is 0.338 e. The first-order valence-corrected chi connectivity index (χ1v) is 8.09. The molecule has 0 atom stereocenters. The van der Waals surface area contributed by atoms with Crippen LogP contribution >= 0.6 is 11.6 Å². The number of benzene rings is 2. The van der Waals surface area contributed by atoms with Crippen LogP contribution in [-0.4, -0.2) is 33.2 Å². The lowest BCUT2D eigenvalue weighted by Crippen LogP contribution is -2.21. The Morgan fingerprint density at radius 3 is 2.81 bits per heavy atom. The van der Waals surface area contributed by atoms with Crippen molar-refractivity contribution in [1.82, 2.24) is 14.8 Å².